The van der Waals surface area contributed by atoms with Crippen molar-refractivity contribution in [1.29, 1.82) is 0 Å². The molecule has 1 heterocycles. The first-order valence-electron chi connectivity index (χ1n) is 8.85. The van der Waals surface area contributed by atoms with Gasteiger partial charge < -0.3 is 19.9 Å². The lowest BCUT2D eigenvalue weighted by atomic mass is 10.2. The van der Waals surface area contributed by atoms with Gasteiger partial charge in [-0.2, -0.15) is 0 Å². The van der Waals surface area contributed by atoms with Gasteiger partial charge in [0, 0.05) is 43.1 Å². The number of hydrogen-bond acceptors (Lipinski definition) is 5. The second-order valence-corrected chi connectivity index (χ2v) is 6.88. The van der Waals surface area contributed by atoms with Gasteiger partial charge in [0.1, 0.15) is 5.75 Å². The number of benzene rings is 2. The highest BCUT2D eigenvalue weighted by Gasteiger charge is 2.14. The van der Waals surface area contributed by atoms with Gasteiger partial charge in [-0.3, -0.25) is 10.1 Å². The van der Waals surface area contributed by atoms with Crippen LogP contribution < -0.4 is 20.3 Å². The molecule has 0 saturated carbocycles. The molecular formula is C20H24N4O2S. The molecule has 2 aromatic rings. The largest absolute Gasteiger partial charge is 0.497 e. The van der Waals surface area contributed by atoms with Crippen LogP contribution in [0.15, 0.2) is 48.5 Å². The number of thiocarbonyl (C=S) groups is 1. The van der Waals surface area contributed by atoms with E-state index in [1.165, 1.54) is 5.69 Å². The standard InChI is InChI=1S/C20H24N4O2S/c1-23-11-13-24(14-12-23)17-7-5-16(6-8-17)21-20(27)22-19(25)15-3-9-18(26-2)10-4-15/h3-10H,11-14H2,1-2H3,(H2,21,22,25,27). The Bertz CT molecular complexity index is 785. The minimum absolute atomic E-state index is 0.260. The summed E-state index contributed by atoms with van der Waals surface area (Å²) in [5.41, 5.74) is 2.56. The normalized spacial score (nSPS) is 14.5. The van der Waals surface area contributed by atoms with Crippen LogP contribution in [0.3, 0.4) is 0 Å². The van der Waals surface area contributed by atoms with Gasteiger partial charge in [0.25, 0.3) is 5.91 Å². The van der Waals surface area contributed by atoms with E-state index in [1.54, 1.807) is 31.4 Å². The molecule has 0 spiro atoms. The van der Waals surface area contributed by atoms with Crippen molar-refractivity contribution in [2.24, 2.45) is 0 Å². The summed E-state index contributed by atoms with van der Waals surface area (Å²) in [5.74, 6) is 0.442. The van der Waals surface area contributed by atoms with Crippen LogP contribution in [-0.4, -0.2) is 56.3 Å². The van der Waals surface area contributed by atoms with Gasteiger partial charge >= 0.3 is 0 Å². The lowest BCUT2D eigenvalue weighted by molar-refractivity contribution is 0.0977. The van der Waals surface area contributed by atoms with Crippen molar-refractivity contribution in [2.45, 2.75) is 0 Å². The van der Waals surface area contributed by atoms with E-state index in [-0.39, 0.29) is 11.0 Å². The number of carbonyl (C=O) groups is 1. The lowest BCUT2D eigenvalue weighted by Gasteiger charge is -2.34. The lowest BCUT2D eigenvalue weighted by Crippen LogP contribution is -2.44. The van der Waals surface area contributed by atoms with Crippen molar-refractivity contribution in [2.75, 3.05) is 50.6 Å². The zero-order chi connectivity index (χ0) is 19.2. The first kappa shape index (κ1) is 19.1. The van der Waals surface area contributed by atoms with Gasteiger partial charge in [0.05, 0.1) is 7.11 Å². The van der Waals surface area contributed by atoms with Gasteiger partial charge in [-0.05, 0) is 67.8 Å². The number of likely N-dealkylation sites (N-methyl/N-ethyl adjacent to an activating group) is 1. The van der Waals surface area contributed by atoms with Crippen molar-refractivity contribution in [3.8, 4) is 5.75 Å². The van der Waals surface area contributed by atoms with E-state index in [2.05, 4.69) is 39.6 Å². The average Bonchev–Trinajstić information content (AvgIpc) is 2.69. The molecule has 0 aliphatic carbocycles. The number of methoxy groups -OCH3 is 1. The quantitative estimate of drug-likeness (QED) is 0.791. The number of anilines is 2. The van der Waals surface area contributed by atoms with Gasteiger partial charge in [0.2, 0.25) is 0 Å². The second kappa shape index (κ2) is 8.83. The van der Waals surface area contributed by atoms with Crippen molar-refractivity contribution < 1.29 is 9.53 Å². The molecule has 2 aromatic carbocycles. The third-order valence-electron chi connectivity index (χ3n) is 4.57. The molecule has 6 nitrogen and oxygen atoms in total. The molecule has 0 aromatic heterocycles. The Hall–Kier alpha value is -2.64. The van der Waals surface area contributed by atoms with Gasteiger partial charge in [0.15, 0.2) is 5.11 Å². The van der Waals surface area contributed by atoms with Crippen LogP contribution in [0.2, 0.25) is 0 Å². The molecule has 1 aliphatic rings. The highest BCUT2D eigenvalue weighted by molar-refractivity contribution is 7.80. The Balaban J connectivity index is 1.53. The molecule has 0 bridgehead atoms. The minimum Gasteiger partial charge on any atom is -0.497 e. The summed E-state index contributed by atoms with van der Waals surface area (Å²) in [6, 6.07) is 15.0. The number of amides is 1. The first-order valence-corrected chi connectivity index (χ1v) is 9.26. The van der Waals surface area contributed by atoms with E-state index in [4.69, 9.17) is 17.0 Å². The number of hydrogen-bond donors (Lipinski definition) is 2. The van der Waals surface area contributed by atoms with E-state index >= 15 is 0 Å². The SMILES string of the molecule is COc1ccc(C(=O)NC(=S)Nc2ccc(N3CCN(C)CC3)cc2)cc1. The van der Waals surface area contributed by atoms with E-state index in [0.29, 0.717) is 11.3 Å². The molecule has 1 saturated heterocycles. The molecule has 0 atom stereocenters. The average molecular weight is 385 g/mol. The number of rotatable bonds is 4. The maximum absolute atomic E-state index is 12.2. The smallest absolute Gasteiger partial charge is 0.257 e. The summed E-state index contributed by atoms with van der Waals surface area (Å²) in [6.07, 6.45) is 0. The first-order chi connectivity index (χ1) is 13.0. The summed E-state index contributed by atoms with van der Waals surface area (Å²) < 4.78 is 5.09. The van der Waals surface area contributed by atoms with Gasteiger partial charge in [-0.25, -0.2) is 0 Å². The van der Waals surface area contributed by atoms with Crippen LogP contribution in [0.1, 0.15) is 10.4 Å². The van der Waals surface area contributed by atoms with Crippen molar-refractivity contribution >= 4 is 34.6 Å². The fourth-order valence-corrected chi connectivity index (χ4v) is 3.11. The summed E-state index contributed by atoms with van der Waals surface area (Å²) >= 11 is 5.25. The molecule has 1 fully saturated rings. The van der Waals surface area contributed by atoms with Crippen LogP contribution in [0.5, 0.6) is 5.75 Å². The number of nitrogens with one attached hydrogen (secondary N) is 2. The molecule has 3 rings (SSSR count). The van der Waals surface area contributed by atoms with Crippen LogP contribution in [0.25, 0.3) is 0 Å². The number of piperazine rings is 1. The summed E-state index contributed by atoms with van der Waals surface area (Å²) in [4.78, 5) is 16.9. The topological polar surface area (TPSA) is 56.8 Å². The zero-order valence-corrected chi connectivity index (χ0v) is 16.4. The summed E-state index contributed by atoms with van der Waals surface area (Å²) in [5, 5.41) is 6.01. The molecule has 7 heteroatoms. The number of nitrogens with zero attached hydrogens (tertiary/aromatic N) is 2. The number of carbonyl (C=O) groups excluding carboxylic acids is 1. The zero-order valence-electron chi connectivity index (χ0n) is 15.6. The fourth-order valence-electron chi connectivity index (χ4n) is 2.90. The van der Waals surface area contributed by atoms with Crippen molar-refractivity contribution in [3.05, 3.63) is 54.1 Å². The second-order valence-electron chi connectivity index (χ2n) is 6.47. The Kier molecular flexibility index (Phi) is 6.26. The fraction of sp³-hybridized carbons (Fsp3) is 0.300. The van der Waals surface area contributed by atoms with Crippen LogP contribution in [0.4, 0.5) is 11.4 Å². The van der Waals surface area contributed by atoms with Gasteiger partial charge in [-0.1, -0.05) is 0 Å². The third kappa shape index (κ3) is 5.18. The molecule has 27 heavy (non-hydrogen) atoms. The van der Waals surface area contributed by atoms with Crippen LogP contribution in [0, 0.1) is 0 Å². The van der Waals surface area contributed by atoms with Crippen LogP contribution >= 0.6 is 12.2 Å². The van der Waals surface area contributed by atoms with E-state index in [1.807, 2.05) is 12.1 Å². The highest BCUT2D eigenvalue weighted by Crippen LogP contribution is 2.19. The molecule has 2 N–H and O–H groups in total. The van der Waals surface area contributed by atoms with Gasteiger partial charge in [-0.15, -0.1) is 0 Å². The Morgan fingerprint density at radius 1 is 1.00 bits per heavy atom. The minimum atomic E-state index is -0.260. The Labute approximate surface area is 165 Å². The summed E-state index contributed by atoms with van der Waals surface area (Å²) in [6.45, 7) is 4.20. The molecule has 142 valence electrons. The predicted octanol–water partition coefficient (Wildman–Crippen LogP) is 2.57. The van der Waals surface area contributed by atoms with E-state index in [9.17, 15) is 4.79 Å². The molecule has 0 unspecified atom stereocenters. The number of ether oxygens (including phenoxy) is 1. The molecule has 1 amide bonds. The summed E-state index contributed by atoms with van der Waals surface area (Å²) in [7, 11) is 3.73. The predicted molar refractivity (Wildman–Crippen MR) is 113 cm³/mol. The Morgan fingerprint density at radius 3 is 2.22 bits per heavy atom. The maximum Gasteiger partial charge on any atom is 0.257 e. The van der Waals surface area contributed by atoms with Crippen molar-refractivity contribution in [3.63, 3.8) is 0 Å². The molecule has 0 radical (unpaired) electrons. The third-order valence-corrected chi connectivity index (χ3v) is 4.78. The van der Waals surface area contributed by atoms with Crippen LogP contribution in [-0.2, 0) is 0 Å². The van der Waals surface area contributed by atoms with Crippen molar-refractivity contribution in [1.82, 2.24) is 10.2 Å². The maximum atomic E-state index is 12.2. The molecule has 1 aliphatic heterocycles. The highest BCUT2D eigenvalue weighted by atomic mass is 32.1. The van der Waals surface area contributed by atoms with E-state index in [0.717, 1.165) is 31.9 Å². The van der Waals surface area contributed by atoms with E-state index < -0.39 is 0 Å². The monoisotopic (exact) mass is 384 g/mol. The Morgan fingerprint density at radius 2 is 1.63 bits per heavy atom. The molecular weight excluding hydrogens is 360 g/mol.